The minimum absolute atomic E-state index is 0.485. The van der Waals surface area contributed by atoms with Crippen molar-refractivity contribution >= 4 is 0 Å². The summed E-state index contributed by atoms with van der Waals surface area (Å²) < 4.78 is 10.8. The predicted octanol–water partition coefficient (Wildman–Crippen LogP) is 1.82. The molecule has 2 unspecified atom stereocenters. The van der Waals surface area contributed by atoms with Crippen LogP contribution >= 0.6 is 0 Å². The summed E-state index contributed by atoms with van der Waals surface area (Å²) in [5.41, 5.74) is 0. The topological polar surface area (TPSA) is 30.5 Å². The van der Waals surface area contributed by atoms with E-state index in [4.69, 9.17) is 9.47 Å². The van der Waals surface area contributed by atoms with Crippen molar-refractivity contribution in [1.82, 2.24) is 5.32 Å². The molecule has 0 aliphatic carbocycles. The number of nitrogens with one attached hydrogen (secondary N) is 1. The Balaban J connectivity index is 2.17. The largest absolute Gasteiger partial charge is 0.383 e. The quantitative estimate of drug-likeness (QED) is 0.657. The minimum atomic E-state index is 0.485. The van der Waals surface area contributed by atoms with Crippen LogP contribution in [0.2, 0.25) is 0 Å². The zero-order valence-corrected chi connectivity index (χ0v) is 10.1. The molecular weight excluding hydrogens is 190 g/mol. The average Bonchev–Trinajstić information content (AvgIpc) is 2.27. The van der Waals surface area contributed by atoms with E-state index in [0.29, 0.717) is 12.0 Å². The van der Waals surface area contributed by atoms with E-state index in [2.05, 4.69) is 12.2 Å². The molecule has 1 saturated heterocycles. The Morgan fingerprint density at radius 2 is 2.33 bits per heavy atom. The first kappa shape index (κ1) is 12.9. The van der Waals surface area contributed by atoms with Crippen molar-refractivity contribution in [2.24, 2.45) is 5.92 Å². The summed E-state index contributed by atoms with van der Waals surface area (Å²) >= 11 is 0. The van der Waals surface area contributed by atoms with E-state index in [1.54, 1.807) is 7.11 Å². The minimum Gasteiger partial charge on any atom is -0.383 e. The van der Waals surface area contributed by atoms with Gasteiger partial charge in [0.2, 0.25) is 0 Å². The maximum Gasteiger partial charge on any atom is 0.0615 e. The van der Waals surface area contributed by atoms with Crippen LogP contribution in [-0.2, 0) is 9.47 Å². The normalized spacial score (nSPS) is 26.8. The third kappa shape index (κ3) is 4.96. The third-order valence-electron chi connectivity index (χ3n) is 3.04. The highest BCUT2D eigenvalue weighted by Crippen LogP contribution is 2.23. The monoisotopic (exact) mass is 215 g/mol. The number of rotatable bonds is 7. The average molecular weight is 215 g/mol. The molecule has 0 aromatic heterocycles. The van der Waals surface area contributed by atoms with Gasteiger partial charge >= 0.3 is 0 Å². The molecule has 3 nitrogen and oxygen atoms in total. The van der Waals surface area contributed by atoms with E-state index in [1.165, 1.54) is 25.7 Å². The third-order valence-corrected chi connectivity index (χ3v) is 3.04. The van der Waals surface area contributed by atoms with Crippen LogP contribution in [0.15, 0.2) is 0 Å². The van der Waals surface area contributed by atoms with Crippen molar-refractivity contribution in [3.8, 4) is 0 Å². The van der Waals surface area contributed by atoms with Crippen LogP contribution in [0.4, 0.5) is 0 Å². The molecular formula is C12H25NO2. The lowest BCUT2D eigenvalue weighted by atomic mass is 9.91. The lowest BCUT2D eigenvalue weighted by molar-refractivity contribution is -0.0306. The van der Waals surface area contributed by atoms with E-state index in [9.17, 15) is 0 Å². The van der Waals surface area contributed by atoms with Gasteiger partial charge in [-0.1, -0.05) is 13.3 Å². The lowest BCUT2D eigenvalue weighted by Crippen LogP contribution is -2.37. The van der Waals surface area contributed by atoms with Crippen LogP contribution in [0.3, 0.4) is 0 Å². The van der Waals surface area contributed by atoms with Crippen LogP contribution in [-0.4, -0.2) is 39.5 Å². The smallest absolute Gasteiger partial charge is 0.0615 e. The van der Waals surface area contributed by atoms with Gasteiger partial charge in [0, 0.05) is 26.8 Å². The van der Waals surface area contributed by atoms with Crippen molar-refractivity contribution in [2.45, 2.75) is 38.7 Å². The number of ether oxygens (including phenoxy) is 2. The maximum absolute atomic E-state index is 5.82. The van der Waals surface area contributed by atoms with Gasteiger partial charge in [0.05, 0.1) is 12.7 Å². The van der Waals surface area contributed by atoms with E-state index in [-0.39, 0.29) is 0 Å². The first-order valence-electron chi connectivity index (χ1n) is 6.19. The van der Waals surface area contributed by atoms with Gasteiger partial charge in [0.15, 0.2) is 0 Å². The van der Waals surface area contributed by atoms with Crippen LogP contribution in [0.25, 0.3) is 0 Å². The summed E-state index contributed by atoms with van der Waals surface area (Å²) in [6, 6.07) is 0. The molecule has 1 heterocycles. The number of methoxy groups -OCH3 is 1. The summed E-state index contributed by atoms with van der Waals surface area (Å²) in [4.78, 5) is 0. The molecule has 15 heavy (non-hydrogen) atoms. The van der Waals surface area contributed by atoms with Gasteiger partial charge in [0.25, 0.3) is 0 Å². The van der Waals surface area contributed by atoms with E-state index in [0.717, 1.165) is 26.3 Å². The Labute approximate surface area is 93.5 Å². The van der Waals surface area contributed by atoms with Crippen LogP contribution in [0.1, 0.15) is 32.6 Å². The Morgan fingerprint density at radius 1 is 1.47 bits per heavy atom. The molecule has 0 aromatic rings. The van der Waals surface area contributed by atoms with Gasteiger partial charge in [-0.15, -0.1) is 0 Å². The van der Waals surface area contributed by atoms with Crippen LogP contribution in [0, 0.1) is 5.92 Å². The first-order chi connectivity index (χ1) is 7.38. The fourth-order valence-electron chi connectivity index (χ4n) is 2.20. The van der Waals surface area contributed by atoms with E-state index < -0.39 is 0 Å². The summed E-state index contributed by atoms with van der Waals surface area (Å²) in [7, 11) is 1.74. The molecule has 1 aliphatic heterocycles. The number of hydrogen-bond donors (Lipinski definition) is 1. The highest BCUT2D eigenvalue weighted by molar-refractivity contribution is 4.76. The summed E-state index contributed by atoms with van der Waals surface area (Å²) in [6.07, 6.45) is 5.44. The van der Waals surface area contributed by atoms with Gasteiger partial charge < -0.3 is 14.8 Å². The molecule has 0 aromatic carbocycles. The molecule has 90 valence electrons. The van der Waals surface area contributed by atoms with Crippen molar-refractivity contribution < 1.29 is 9.47 Å². The van der Waals surface area contributed by atoms with Gasteiger partial charge in [-0.3, -0.25) is 0 Å². The Bertz CT molecular complexity index is 151. The molecule has 1 aliphatic rings. The molecule has 0 spiro atoms. The molecule has 1 fully saturated rings. The van der Waals surface area contributed by atoms with E-state index >= 15 is 0 Å². The van der Waals surface area contributed by atoms with Crippen molar-refractivity contribution in [1.29, 1.82) is 0 Å². The molecule has 3 heteroatoms. The van der Waals surface area contributed by atoms with Crippen LogP contribution in [0.5, 0.6) is 0 Å². The second-order valence-electron chi connectivity index (χ2n) is 4.30. The maximum atomic E-state index is 5.82. The Morgan fingerprint density at radius 3 is 3.07 bits per heavy atom. The molecule has 1 rings (SSSR count). The highest BCUT2D eigenvalue weighted by atomic mass is 16.5. The molecule has 1 N–H and O–H groups in total. The second-order valence-corrected chi connectivity index (χ2v) is 4.30. The summed E-state index contributed by atoms with van der Waals surface area (Å²) in [6.45, 7) is 6.01. The van der Waals surface area contributed by atoms with E-state index in [1.807, 2.05) is 0 Å². The van der Waals surface area contributed by atoms with Gasteiger partial charge in [-0.25, -0.2) is 0 Å². The number of hydrogen-bond acceptors (Lipinski definition) is 3. The molecule has 0 saturated carbocycles. The fraction of sp³-hybridized carbons (Fsp3) is 1.00. The lowest BCUT2D eigenvalue weighted by Gasteiger charge is -2.31. The Kier molecular flexibility index (Phi) is 6.98. The molecule has 2 atom stereocenters. The zero-order chi connectivity index (χ0) is 10.9. The van der Waals surface area contributed by atoms with Gasteiger partial charge in [-0.2, -0.15) is 0 Å². The fourth-order valence-corrected chi connectivity index (χ4v) is 2.20. The van der Waals surface area contributed by atoms with Crippen molar-refractivity contribution in [2.75, 3.05) is 33.4 Å². The van der Waals surface area contributed by atoms with Gasteiger partial charge in [-0.05, 0) is 25.2 Å². The van der Waals surface area contributed by atoms with Crippen molar-refractivity contribution in [3.05, 3.63) is 0 Å². The first-order valence-corrected chi connectivity index (χ1v) is 6.19. The molecule has 0 amide bonds. The molecule has 0 bridgehead atoms. The second kappa shape index (κ2) is 8.08. The standard InChI is InChI=1S/C12H25NO2/c1-3-5-12-11(6-4-8-15-12)10-13-7-9-14-2/h11-13H,3-10H2,1-2H3. The van der Waals surface area contributed by atoms with Crippen molar-refractivity contribution in [3.63, 3.8) is 0 Å². The highest BCUT2D eigenvalue weighted by Gasteiger charge is 2.24. The zero-order valence-electron chi connectivity index (χ0n) is 10.1. The Hall–Kier alpha value is -0.120. The predicted molar refractivity (Wildman–Crippen MR) is 62.1 cm³/mol. The van der Waals surface area contributed by atoms with Crippen LogP contribution < -0.4 is 5.32 Å². The summed E-state index contributed by atoms with van der Waals surface area (Å²) in [5.74, 6) is 0.704. The van der Waals surface area contributed by atoms with Gasteiger partial charge in [0.1, 0.15) is 0 Å². The molecule has 0 radical (unpaired) electrons. The summed E-state index contributed by atoms with van der Waals surface area (Å²) in [5, 5.41) is 3.44. The SMILES string of the molecule is CCCC1OCCCC1CNCCOC.